The van der Waals surface area contributed by atoms with Gasteiger partial charge in [0.1, 0.15) is 0 Å². The molecule has 65 valence electrons. The highest BCUT2D eigenvalue weighted by Gasteiger charge is 2.00. The van der Waals surface area contributed by atoms with E-state index in [9.17, 15) is 0 Å². The molecule has 0 bridgehead atoms. The van der Waals surface area contributed by atoms with Crippen molar-refractivity contribution < 1.29 is 0 Å². The Hall–Kier alpha value is -1.96. The maximum Gasteiger partial charge on any atom is 0.0811 e. The number of hydrogen-bond donors (Lipinski definition) is 0. The monoisotopic (exact) mass is 179 g/mol. The third kappa shape index (κ3) is 0.973. The molecule has 2 aromatic heterocycles. The molecular formula is C12H7N2. The molecule has 0 unspecified atom stereocenters. The van der Waals surface area contributed by atoms with E-state index >= 15 is 0 Å². The largest absolute Gasteiger partial charge is 0.255 e. The van der Waals surface area contributed by atoms with E-state index in [1.165, 1.54) is 0 Å². The van der Waals surface area contributed by atoms with Gasteiger partial charge in [-0.2, -0.15) is 0 Å². The van der Waals surface area contributed by atoms with Crippen molar-refractivity contribution in [2.24, 2.45) is 0 Å². The van der Waals surface area contributed by atoms with Crippen LogP contribution in [0.4, 0.5) is 0 Å². The Labute approximate surface area is 81.2 Å². The molecule has 2 heterocycles. The Morgan fingerprint density at radius 3 is 3.00 bits per heavy atom. The summed E-state index contributed by atoms with van der Waals surface area (Å²) in [5, 5.41) is 2.13. The van der Waals surface area contributed by atoms with E-state index in [1.54, 1.807) is 6.20 Å². The molecule has 1 aromatic carbocycles. The number of aromatic nitrogens is 2. The van der Waals surface area contributed by atoms with Crippen LogP contribution in [0.3, 0.4) is 0 Å². The van der Waals surface area contributed by atoms with Crippen molar-refractivity contribution in [1.29, 1.82) is 0 Å². The molecule has 1 radical (unpaired) electrons. The molecule has 2 heteroatoms. The van der Waals surface area contributed by atoms with Crippen LogP contribution in [0.25, 0.3) is 21.8 Å². The Morgan fingerprint density at radius 1 is 1.07 bits per heavy atom. The number of nitrogens with zero attached hydrogens (tertiary/aromatic N) is 2. The summed E-state index contributed by atoms with van der Waals surface area (Å²) >= 11 is 0. The lowest BCUT2D eigenvalue weighted by atomic mass is 10.1. The maximum atomic E-state index is 4.35. The fraction of sp³-hybridized carbons (Fsp3) is 0. The molecule has 3 rings (SSSR count). The van der Waals surface area contributed by atoms with Crippen LogP contribution in [-0.2, 0) is 0 Å². The van der Waals surface area contributed by atoms with Crippen LogP contribution in [0.1, 0.15) is 0 Å². The second-order valence-corrected chi connectivity index (χ2v) is 3.15. The predicted octanol–water partition coefficient (Wildman–Crippen LogP) is 2.58. The maximum absolute atomic E-state index is 4.35. The molecule has 0 spiro atoms. The van der Waals surface area contributed by atoms with Gasteiger partial charge in [0.25, 0.3) is 0 Å². The summed E-state index contributed by atoms with van der Waals surface area (Å²) < 4.78 is 0. The van der Waals surface area contributed by atoms with Gasteiger partial charge in [0, 0.05) is 29.2 Å². The summed E-state index contributed by atoms with van der Waals surface area (Å²) in [5.41, 5.74) is 1.98. The third-order valence-electron chi connectivity index (χ3n) is 2.28. The first kappa shape index (κ1) is 7.44. The van der Waals surface area contributed by atoms with Gasteiger partial charge >= 0.3 is 0 Å². The van der Waals surface area contributed by atoms with E-state index in [-0.39, 0.29) is 0 Å². The topological polar surface area (TPSA) is 25.8 Å². The van der Waals surface area contributed by atoms with Crippen molar-refractivity contribution in [3.05, 3.63) is 48.8 Å². The molecule has 3 aromatic rings. The summed E-state index contributed by atoms with van der Waals surface area (Å²) in [6, 6.07) is 12.9. The van der Waals surface area contributed by atoms with Gasteiger partial charge in [-0.3, -0.25) is 9.97 Å². The third-order valence-corrected chi connectivity index (χ3v) is 2.28. The molecule has 0 saturated heterocycles. The van der Waals surface area contributed by atoms with Crippen LogP contribution in [0.5, 0.6) is 0 Å². The number of para-hydroxylation sites is 1. The number of pyridine rings is 2. The van der Waals surface area contributed by atoms with Gasteiger partial charge in [0.15, 0.2) is 0 Å². The van der Waals surface area contributed by atoms with Crippen LogP contribution in [-0.4, -0.2) is 9.97 Å². The van der Waals surface area contributed by atoms with Crippen LogP contribution in [0.15, 0.2) is 42.7 Å². The van der Waals surface area contributed by atoms with E-state index in [0.29, 0.717) is 0 Å². The van der Waals surface area contributed by atoms with Crippen molar-refractivity contribution in [2.45, 2.75) is 0 Å². The minimum atomic E-state index is 0.985. The Bertz CT molecular complexity index is 547. The highest BCUT2D eigenvalue weighted by molar-refractivity contribution is 6.02. The summed E-state index contributed by atoms with van der Waals surface area (Å²) in [6.07, 6.45) is 3.52. The van der Waals surface area contributed by atoms with Crippen molar-refractivity contribution in [3.8, 4) is 0 Å². The number of hydrogen-bond acceptors (Lipinski definition) is 2. The zero-order chi connectivity index (χ0) is 9.38. The lowest BCUT2D eigenvalue weighted by molar-refractivity contribution is 1.38. The van der Waals surface area contributed by atoms with E-state index in [0.717, 1.165) is 21.8 Å². The molecule has 2 nitrogen and oxygen atoms in total. The van der Waals surface area contributed by atoms with Gasteiger partial charge in [-0.1, -0.05) is 18.2 Å². The van der Waals surface area contributed by atoms with Crippen molar-refractivity contribution in [2.75, 3.05) is 0 Å². The highest BCUT2D eigenvalue weighted by atomic mass is 14.7. The number of fused-ring (bicyclic) bond motifs is 3. The van der Waals surface area contributed by atoms with E-state index in [4.69, 9.17) is 0 Å². The minimum Gasteiger partial charge on any atom is -0.255 e. The van der Waals surface area contributed by atoms with Crippen LogP contribution in [0.2, 0.25) is 0 Å². The van der Waals surface area contributed by atoms with Crippen LogP contribution >= 0.6 is 0 Å². The first-order chi connectivity index (χ1) is 6.95. The first-order valence-corrected chi connectivity index (χ1v) is 4.45. The molecule has 0 N–H and O–H groups in total. The Morgan fingerprint density at radius 2 is 2.00 bits per heavy atom. The first-order valence-electron chi connectivity index (χ1n) is 4.45. The van der Waals surface area contributed by atoms with Gasteiger partial charge in [0.2, 0.25) is 0 Å². The Balaban J connectivity index is 2.61. The zero-order valence-electron chi connectivity index (χ0n) is 7.44. The SMILES string of the molecule is [c]1cnc2c(c1)cnc1ccccc12. The van der Waals surface area contributed by atoms with Crippen molar-refractivity contribution in [3.63, 3.8) is 0 Å². The van der Waals surface area contributed by atoms with Crippen molar-refractivity contribution >= 4 is 21.8 Å². The van der Waals surface area contributed by atoms with Crippen LogP contribution in [0, 0.1) is 6.07 Å². The molecule has 0 atom stereocenters. The van der Waals surface area contributed by atoms with Crippen LogP contribution < -0.4 is 0 Å². The molecule has 0 aliphatic heterocycles. The van der Waals surface area contributed by atoms with Gasteiger partial charge in [-0.05, 0) is 12.1 Å². The summed E-state index contributed by atoms with van der Waals surface area (Å²) in [6.45, 7) is 0. The van der Waals surface area contributed by atoms with E-state index in [2.05, 4.69) is 16.0 Å². The van der Waals surface area contributed by atoms with E-state index < -0.39 is 0 Å². The predicted molar refractivity (Wildman–Crippen MR) is 55.9 cm³/mol. The zero-order valence-corrected chi connectivity index (χ0v) is 7.44. The fourth-order valence-electron chi connectivity index (χ4n) is 1.62. The van der Waals surface area contributed by atoms with Gasteiger partial charge in [-0.15, -0.1) is 0 Å². The van der Waals surface area contributed by atoms with E-state index in [1.807, 2.05) is 36.5 Å². The smallest absolute Gasteiger partial charge is 0.0811 e. The van der Waals surface area contributed by atoms with Gasteiger partial charge in [0.05, 0.1) is 11.0 Å². The van der Waals surface area contributed by atoms with Gasteiger partial charge < -0.3 is 0 Å². The second kappa shape index (κ2) is 2.77. The second-order valence-electron chi connectivity index (χ2n) is 3.15. The summed E-state index contributed by atoms with van der Waals surface area (Å²) in [5.74, 6) is 0. The normalized spacial score (nSPS) is 10.9. The minimum absolute atomic E-state index is 0.985. The fourth-order valence-corrected chi connectivity index (χ4v) is 1.62. The highest BCUT2D eigenvalue weighted by Crippen LogP contribution is 2.20. The van der Waals surface area contributed by atoms with Gasteiger partial charge in [-0.25, -0.2) is 0 Å². The Kier molecular flexibility index (Phi) is 1.47. The molecular weight excluding hydrogens is 172 g/mol. The number of benzene rings is 1. The average molecular weight is 179 g/mol. The quantitative estimate of drug-likeness (QED) is 0.496. The molecule has 0 saturated carbocycles. The van der Waals surface area contributed by atoms with Crippen molar-refractivity contribution in [1.82, 2.24) is 9.97 Å². The number of rotatable bonds is 0. The summed E-state index contributed by atoms with van der Waals surface area (Å²) in [4.78, 5) is 8.66. The summed E-state index contributed by atoms with van der Waals surface area (Å²) in [7, 11) is 0. The molecule has 0 fully saturated rings. The molecule has 0 aliphatic carbocycles. The molecule has 0 aliphatic rings. The lowest BCUT2D eigenvalue weighted by Gasteiger charge is -2.00. The lowest BCUT2D eigenvalue weighted by Crippen LogP contribution is -1.83. The average Bonchev–Trinajstić information content (AvgIpc) is 2.29. The molecule has 0 amide bonds. The molecule has 14 heavy (non-hydrogen) atoms. The standard InChI is InChI=1S/C12H7N2/c1-2-6-11-10(5-1)12-9(8-14-11)4-3-7-13-12/h1-2,4-8H.